The fraction of sp³-hybridized carbons (Fsp3) is 0. The molecular weight excluding hydrogens is 216 g/mol. The molecule has 0 spiro atoms. The topological polar surface area (TPSA) is 66.0 Å². The van der Waals surface area contributed by atoms with Gasteiger partial charge in [-0.2, -0.15) is 5.10 Å². The predicted octanol–water partition coefficient (Wildman–Crippen LogP) is 2.43. The summed E-state index contributed by atoms with van der Waals surface area (Å²) in [5.41, 5.74) is 1.15. The fourth-order valence-corrected chi connectivity index (χ4v) is 1.53. The number of nitrogens with zero attached hydrogens (tertiary/aromatic N) is 1. The molecule has 0 fully saturated rings. The molecule has 2 N–H and O–H groups in total. The van der Waals surface area contributed by atoms with Gasteiger partial charge in [0.15, 0.2) is 5.69 Å². The van der Waals surface area contributed by atoms with Crippen LogP contribution in [-0.4, -0.2) is 21.3 Å². The zero-order valence-electron chi connectivity index (χ0n) is 7.57. The van der Waals surface area contributed by atoms with Crippen LogP contribution in [0.5, 0.6) is 0 Å². The Morgan fingerprint density at radius 1 is 1.33 bits per heavy atom. The van der Waals surface area contributed by atoms with Gasteiger partial charge in [-0.1, -0.05) is 41.9 Å². The van der Waals surface area contributed by atoms with Crippen LogP contribution in [0, 0.1) is 0 Å². The van der Waals surface area contributed by atoms with E-state index in [1.165, 1.54) is 0 Å². The molecule has 0 amide bonds. The van der Waals surface area contributed by atoms with Crippen molar-refractivity contribution in [3.8, 4) is 11.3 Å². The first-order valence-electron chi connectivity index (χ1n) is 4.22. The van der Waals surface area contributed by atoms with Crippen LogP contribution >= 0.6 is 11.6 Å². The molecule has 4 nitrogen and oxygen atoms in total. The van der Waals surface area contributed by atoms with E-state index in [-0.39, 0.29) is 10.7 Å². The Kier molecular flexibility index (Phi) is 2.43. The van der Waals surface area contributed by atoms with E-state index in [9.17, 15) is 4.79 Å². The molecule has 2 rings (SSSR count). The number of hydrogen-bond acceptors (Lipinski definition) is 2. The quantitative estimate of drug-likeness (QED) is 0.820. The summed E-state index contributed by atoms with van der Waals surface area (Å²) in [5.74, 6) is -1.12. The van der Waals surface area contributed by atoms with E-state index < -0.39 is 5.97 Å². The second-order valence-electron chi connectivity index (χ2n) is 2.93. The van der Waals surface area contributed by atoms with Crippen molar-refractivity contribution in [3.05, 3.63) is 41.0 Å². The normalized spacial score (nSPS) is 10.2. The van der Waals surface area contributed by atoms with Gasteiger partial charge in [-0.25, -0.2) is 4.79 Å². The standard InChI is InChI=1S/C10H7ClN2O2/c11-7-8(6-4-2-1-3-5-6)12-13-9(7)10(14)15/h1-5H,(H,12,13)(H,14,15). The highest BCUT2D eigenvalue weighted by Crippen LogP contribution is 2.27. The number of carboxylic acids is 1. The molecule has 15 heavy (non-hydrogen) atoms. The monoisotopic (exact) mass is 222 g/mol. The first kappa shape index (κ1) is 9.73. The molecule has 1 aromatic heterocycles. The maximum Gasteiger partial charge on any atom is 0.355 e. The third-order valence-corrected chi connectivity index (χ3v) is 2.34. The minimum absolute atomic E-state index is 0.0875. The number of aromatic amines is 1. The van der Waals surface area contributed by atoms with Crippen LogP contribution in [0.25, 0.3) is 11.3 Å². The van der Waals surface area contributed by atoms with Crippen molar-refractivity contribution in [2.24, 2.45) is 0 Å². The molecule has 1 aromatic carbocycles. The Bertz CT molecular complexity index is 493. The summed E-state index contributed by atoms with van der Waals surface area (Å²) >= 11 is 5.88. The van der Waals surface area contributed by atoms with Gasteiger partial charge in [0, 0.05) is 5.56 Å². The first-order chi connectivity index (χ1) is 7.20. The average Bonchev–Trinajstić information content (AvgIpc) is 2.61. The van der Waals surface area contributed by atoms with E-state index in [0.29, 0.717) is 5.69 Å². The van der Waals surface area contributed by atoms with Gasteiger partial charge in [0.05, 0.1) is 0 Å². The molecular formula is C10H7ClN2O2. The molecule has 0 radical (unpaired) electrons. The van der Waals surface area contributed by atoms with Crippen LogP contribution in [0.4, 0.5) is 0 Å². The molecule has 76 valence electrons. The van der Waals surface area contributed by atoms with E-state index in [0.717, 1.165) is 5.56 Å². The predicted molar refractivity (Wildman–Crippen MR) is 56.0 cm³/mol. The summed E-state index contributed by atoms with van der Waals surface area (Å²) < 4.78 is 0. The maximum atomic E-state index is 10.7. The molecule has 0 bridgehead atoms. The van der Waals surface area contributed by atoms with E-state index in [1.807, 2.05) is 30.3 Å². The van der Waals surface area contributed by atoms with Crippen LogP contribution in [-0.2, 0) is 0 Å². The van der Waals surface area contributed by atoms with E-state index in [1.54, 1.807) is 0 Å². The molecule has 0 atom stereocenters. The number of halogens is 1. The smallest absolute Gasteiger partial charge is 0.355 e. The van der Waals surface area contributed by atoms with Gasteiger partial charge in [-0.15, -0.1) is 0 Å². The molecule has 1 heterocycles. The Labute approximate surface area is 90.5 Å². The van der Waals surface area contributed by atoms with Crippen LogP contribution < -0.4 is 0 Å². The second-order valence-corrected chi connectivity index (χ2v) is 3.31. The van der Waals surface area contributed by atoms with E-state index in [2.05, 4.69) is 10.2 Å². The number of aromatic nitrogens is 2. The Morgan fingerprint density at radius 3 is 2.53 bits per heavy atom. The Hall–Kier alpha value is -1.81. The van der Waals surface area contributed by atoms with Crippen molar-refractivity contribution in [2.75, 3.05) is 0 Å². The highest BCUT2D eigenvalue weighted by Gasteiger charge is 2.17. The molecule has 0 aliphatic heterocycles. The van der Waals surface area contributed by atoms with Gasteiger partial charge in [0.1, 0.15) is 10.7 Å². The van der Waals surface area contributed by atoms with E-state index in [4.69, 9.17) is 16.7 Å². The lowest BCUT2D eigenvalue weighted by Gasteiger charge is -1.95. The van der Waals surface area contributed by atoms with Gasteiger partial charge in [-0.3, -0.25) is 5.10 Å². The number of rotatable bonds is 2. The maximum absolute atomic E-state index is 10.7. The van der Waals surface area contributed by atoms with Crippen LogP contribution in [0.15, 0.2) is 30.3 Å². The number of hydrogen-bond donors (Lipinski definition) is 2. The summed E-state index contributed by atoms with van der Waals surface area (Å²) in [6, 6.07) is 9.16. The number of benzene rings is 1. The van der Waals surface area contributed by atoms with E-state index >= 15 is 0 Å². The molecule has 5 heteroatoms. The fourth-order valence-electron chi connectivity index (χ4n) is 1.26. The zero-order chi connectivity index (χ0) is 10.8. The lowest BCUT2D eigenvalue weighted by molar-refractivity contribution is 0.0690. The van der Waals surface area contributed by atoms with Crippen molar-refractivity contribution in [2.45, 2.75) is 0 Å². The molecule has 0 unspecified atom stereocenters. The van der Waals surface area contributed by atoms with Gasteiger partial charge in [-0.05, 0) is 0 Å². The lowest BCUT2D eigenvalue weighted by Crippen LogP contribution is -1.96. The summed E-state index contributed by atoms with van der Waals surface area (Å²) in [4.78, 5) is 10.7. The third kappa shape index (κ3) is 1.71. The second kappa shape index (κ2) is 3.74. The number of carboxylic acid groups (broad SMARTS) is 1. The van der Waals surface area contributed by atoms with Crippen LogP contribution in [0.1, 0.15) is 10.5 Å². The van der Waals surface area contributed by atoms with Gasteiger partial charge in [0.25, 0.3) is 0 Å². The van der Waals surface area contributed by atoms with Gasteiger partial charge >= 0.3 is 5.97 Å². The highest BCUT2D eigenvalue weighted by molar-refractivity contribution is 6.35. The van der Waals surface area contributed by atoms with Crippen molar-refractivity contribution in [3.63, 3.8) is 0 Å². The first-order valence-corrected chi connectivity index (χ1v) is 4.60. The number of H-pyrrole nitrogens is 1. The molecule has 0 aliphatic rings. The molecule has 2 aromatic rings. The lowest BCUT2D eigenvalue weighted by atomic mass is 10.1. The van der Waals surface area contributed by atoms with Gasteiger partial charge in [0.2, 0.25) is 0 Å². The van der Waals surface area contributed by atoms with Crippen LogP contribution in [0.2, 0.25) is 5.02 Å². The molecule has 0 saturated carbocycles. The number of aromatic carboxylic acids is 1. The van der Waals surface area contributed by atoms with Crippen molar-refractivity contribution < 1.29 is 9.90 Å². The van der Waals surface area contributed by atoms with Crippen LogP contribution in [0.3, 0.4) is 0 Å². The molecule has 0 aliphatic carbocycles. The van der Waals surface area contributed by atoms with Gasteiger partial charge < -0.3 is 5.11 Å². The molecule has 0 saturated heterocycles. The summed E-state index contributed by atoms with van der Waals surface area (Å²) in [5, 5.41) is 15.2. The van der Waals surface area contributed by atoms with Crippen molar-refractivity contribution in [1.29, 1.82) is 0 Å². The minimum atomic E-state index is -1.12. The largest absolute Gasteiger partial charge is 0.476 e. The third-order valence-electron chi connectivity index (χ3n) is 1.97. The SMILES string of the molecule is O=C(O)c1[nH]nc(-c2ccccc2)c1Cl. The zero-order valence-corrected chi connectivity index (χ0v) is 8.32. The summed E-state index contributed by atoms with van der Waals surface area (Å²) in [6.45, 7) is 0. The Morgan fingerprint density at radius 2 is 2.00 bits per heavy atom. The summed E-state index contributed by atoms with van der Waals surface area (Å²) in [6.07, 6.45) is 0. The number of nitrogens with one attached hydrogen (secondary N) is 1. The average molecular weight is 223 g/mol. The Balaban J connectivity index is 2.52. The van der Waals surface area contributed by atoms with Crippen molar-refractivity contribution >= 4 is 17.6 Å². The number of carbonyl (C=O) groups is 1. The summed E-state index contributed by atoms with van der Waals surface area (Å²) in [7, 11) is 0. The highest BCUT2D eigenvalue weighted by atomic mass is 35.5. The minimum Gasteiger partial charge on any atom is -0.476 e. The van der Waals surface area contributed by atoms with Crippen molar-refractivity contribution in [1.82, 2.24) is 10.2 Å².